The van der Waals surface area contributed by atoms with Gasteiger partial charge < -0.3 is 15.4 Å². The predicted molar refractivity (Wildman–Crippen MR) is 85.1 cm³/mol. The summed E-state index contributed by atoms with van der Waals surface area (Å²) >= 11 is 6.02. The van der Waals surface area contributed by atoms with Gasteiger partial charge in [-0.15, -0.1) is 0 Å². The van der Waals surface area contributed by atoms with E-state index in [1.165, 1.54) is 0 Å². The zero-order valence-electron chi connectivity index (χ0n) is 12.8. The largest absolute Gasteiger partial charge is 0.490 e. The van der Waals surface area contributed by atoms with E-state index in [1.54, 1.807) is 18.2 Å². The Morgan fingerprint density at radius 3 is 2.90 bits per heavy atom. The molecule has 0 spiro atoms. The molecule has 1 amide bonds. The zero-order valence-corrected chi connectivity index (χ0v) is 13.5. The summed E-state index contributed by atoms with van der Waals surface area (Å²) in [4.78, 5) is 12.5. The highest BCUT2D eigenvalue weighted by molar-refractivity contribution is 6.31. The SMILES string of the molecule is CC(C)Oc1ccc(Cl)cc1C(=O)NC1CNCCC1C. The van der Waals surface area contributed by atoms with Gasteiger partial charge in [-0.3, -0.25) is 4.79 Å². The Balaban J connectivity index is 2.15. The zero-order chi connectivity index (χ0) is 15.4. The molecule has 21 heavy (non-hydrogen) atoms. The van der Waals surface area contributed by atoms with E-state index in [1.807, 2.05) is 13.8 Å². The number of piperidine rings is 1. The second kappa shape index (κ2) is 7.14. The normalized spacial score (nSPS) is 22.1. The molecule has 2 rings (SSSR count). The fourth-order valence-electron chi connectivity index (χ4n) is 2.47. The van der Waals surface area contributed by atoms with Gasteiger partial charge in [0.05, 0.1) is 11.7 Å². The molecular weight excluding hydrogens is 288 g/mol. The fraction of sp³-hybridized carbons (Fsp3) is 0.562. The molecule has 1 aromatic carbocycles. The monoisotopic (exact) mass is 310 g/mol. The Bertz CT molecular complexity index is 505. The molecule has 0 aliphatic carbocycles. The number of rotatable bonds is 4. The number of carbonyl (C=O) groups is 1. The number of hydrogen-bond donors (Lipinski definition) is 2. The lowest BCUT2D eigenvalue weighted by Gasteiger charge is -2.30. The summed E-state index contributed by atoms with van der Waals surface area (Å²) in [6.07, 6.45) is 1.07. The first-order valence-corrected chi connectivity index (χ1v) is 7.83. The average molecular weight is 311 g/mol. The minimum atomic E-state index is -0.131. The summed E-state index contributed by atoms with van der Waals surface area (Å²) in [6, 6.07) is 5.29. The summed E-state index contributed by atoms with van der Waals surface area (Å²) < 4.78 is 5.70. The van der Waals surface area contributed by atoms with E-state index >= 15 is 0 Å². The summed E-state index contributed by atoms with van der Waals surface area (Å²) in [6.45, 7) is 7.84. The fourth-order valence-corrected chi connectivity index (χ4v) is 2.64. The van der Waals surface area contributed by atoms with Crippen LogP contribution in [0.25, 0.3) is 0 Å². The smallest absolute Gasteiger partial charge is 0.255 e. The quantitative estimate of drug-likeness (QED) is 0.899. The second-order valence-corrected chi connectivity index (χ2v) is 6.29. The van der Waals surface area contributed by atoms with E-state index in [0.29, 0.717) is 22.3 Å². The lowest BCUT2D eigenvalue weighted by Crippen LogP contribution is -2.50. The van der Waals surface area contributed by atoms with Gasteiger partial charge in [0.2, 0.25) is 0 Å². The molecule has 1 heterocycles. The molecular formula is C16H23ClN2O2. The van der Waals surface area contributed by atoms with Gasteiger partial charge in [0, 0.05) is 17.6 Å². The molecule has 2 atom stereocenters. The van der Waals surface area contributed by atoms with Crippen molar-refractivity contribution in [3.63, 3.8) is 0 Å². The van der Waals surface area contributed by atoms with Crippen LogP contribution < -0.4 is 15.4 Å². The van der Waals surface area contributed by atoms with Crippen molar-refractivity contribution in [3.8, 4) is 5.75 Å². The molecule has 116 valence electrons. The number of benzene rings is 1. The molecule has 1 fully saturated rings. The van der Waals surface area contributed by atoms with Crippen LogP contribution in [0.15, 0.2) is 18.2 Å². The molecule has 1 aliphatic heterocycles. The first-order chi connectivity index (χ1) is 9.97. The maximum absolute atomic E-state index is 12.5. The van der Waals surface area contributed by atoms with Crippen molar-refractivity contribution in [2.75, 3.05) is 13.1 Å². The molecule has 0 saturated carbocycles. The third-order valence-corrected chi connectivity index (χ3v) is 3.93. The van der Waals surface area contributed by atoms with Gasteiger partial charge in [-0.05, 0) is 50.9 Å². The van der Waals surface area contributed by atoms with Crippen molar-refractivity contribution >= 4 is 17.5 Å². The Morgan fingerprint density at radius 2 is 2.24 bits per heavy atom. The maximum atomic E-state index is 12.5. The van der Waals surface area contributed by atoms with Crippen LogP contribution in [0, 0.1) is 5.92 Å². The summed E-state index contributed by atoms with van der Waals surface area (Å²) in [5.41, 5.74) is 0.494. The number of halogens is 1. The number of amides is 1. The number of carbonyl (C=O) groups excluding carboxylic acids is 1. The van der Waals surface area contributed by atoms with E-state index in [2.05, 4.69) is 17.6 Å². The molecule has 4 nitrogen and oxygen atoms in total. The highest BCUT2D eigenvalue weighted by Crippen LogP contribution is 2.24. The maximum Gasteiger partial charge on any atom is 0.255 e. The van der Waals surface area contributed by atoms with Crippen LogP contribution in [0.4, 0.5) is 0 Å². The molecule has 5 heteroatoms. The van der Waals surface area contributed by atoms with E-state index in [0.717, 1.165) is 19.5 Å². The van der Waals surface area contributed by atoms with Gasteiger partial charge in [0.25, 0.3) is 5.91 Å². The van der Waals surface area contributed by atoms with Gasteiger partial charge in [-0.25, -0.2) is 0 Å². The molecule has 0 bridgehead atoms. The van der Waals surface area contributed by atoms with E-state index in [4.69, 9.17) is 16.3 Å². The highest BCUT2D eigenvalue weighted by Gasteiger charge is 2.24. The lowest BCUT2D eigenvalue weighted by molar-refractivity contribution is 0.0909. The minimum absolute atomic E-state index is 0.00740. The van der Waals surface area contributed by atoms with Crippen LogP contribution in [-0.4, -0.2) is 31.1 Å². The third kappa shape index (κ3) is 4.35. The molecule has 1 aliphatic rings. The predicted octanol–water partition coefficient (Wildman–Crippen LogP) is 2.86. The van der Waals surface area contributed by atoms with Crippen molar-refractivity contribution in [1.29, 1.82) is 0 Å². The summed E-state index contributed by atoms with van der Waals surface area (Å²) in [5.74, 6) is 0.904. The lowest BCUT2D eigenvalue weighted by atomic mass is 9.94. The minimum Gasteiger partial charge on any atom is -0.490 e. The molecule has 1 saturated heterocycles. The first-order valence-electron chi connectivity index (χ1n) is 7.45. The van der Waals surface area contributed by atoms with Gasteiger partial charge in [-0.1, -0.05) is 18.5 Å². The van der Waals surface area contributed by atoms with Crippen LogP contribution in [0.1, 0.15) is 37.6 Å². The van der Waals surface area contributed by atoms with Crippen molar-refractivity contribution in [2.45, 2.75) is 39.3 Å². The van der Waals surface area contributed by atoms with E-state index < -0.39 is 0 Å². The Morgan fingerprint density at radius 1 is 1.48 bits per heavy atom. The Labute approximate surface area is 131 Å². The Kier molecular flexibility index (Phi) is 5.48. The highest BCUT2D eigenvalue weighted by atomic mass is 35.5. The topological polar surface area (TPSA) is 50.4 Å². The van der Waals surface area contributed by atoms with Gasteiger partial charge in [-0.2, -0.15) is 0 Å². The third-order valence-electron chi connectivity index (χ3n) is 3.69. The van der Waals surface area contributed by atoms with Crippen molar-refractivity contribution in [3.05, 3.63) is 28.8 Å². The van der Waals surface area contributed by atoms with Crippen LogP contribution in [0.2, 0.25) is 5.02 Å². The number of ether oxygens (including phenoxy) is 1. The van der Waals surface area contributed by atoms with Crippen LogP contribution >= 0.6 is 11.6 Å². The van der Waals surface area contributed by atoms with Gasteiger partial charge in [0.15, 0.2) is 0 Å². The van der Waals surface area contributed by atoms with Crippen LogP contribution in [0.3, 0.4) is 0 Å². The first kappa shape index (κ1) is 16.1. The standard InChI is InChI=1S/C16H23ClN2O2/c1-10(2)21-15-5-4-12(17)8-13(15)16(20)19-14-9-18-7-6-11(14)3/h4-5,8,10-11,14,18H,6-7,9H2,1-3H3,(H,19,20). The second-order valence-electron chi connectivity index (χ2n) is 5.86. The molecule has 1 aromatic rings. The summed E-state index contributed by atoms with van der Waals surface area (Å²) in [7, 11) is 0. The Hall–Kier alpha value is -1.26. The van der Waals surface area contributed by atoms with E-state index in [-0.39, 0.29) is 18.1 Å². The number of nitrogens with one attached hydrogen (secondary N) is 2. The van der Waals surface area contributed by atoms with Gasteiger partial charge >= 0.3 is 0 Å². The molecule has 2 unspecified atom stereocenters. The van der Waals surface area contributed by atoms with Crippen LogP contribution in [0.5, 0.6) is 5.75 Å². The average Bonchev–Trinajstić information content (AvgIpc) is 2.43. The summed E-state index contributed by atoms with van der Waals surface area (Å²) in [5, 5.41) is 6.93. The number of hydrogen-bond acceptors (Lipinski definition) is 3. The van der Waals surface area contributed by atoms with Crippen molar-refractivity contribution in [1.82, 2.24) is 10.6 Å². The van der Waals surface area contributed by atoms with E-state index in [9.17, 15) is 4.79 Å². The van der Waals surface area contributed by atoms with Crippen molar-refractivity contribution in [2.24, 2.45) is 5.92 Å². The molecule has 0 aromatic heterocycles. The van der Waals surface area contributed by atoms with Gasteiger partial charge in [0.1, 0.15) is 5.75 Å². The van der Waals surface area contributed by atoms with Crippen LogP contribution in [-0.2, 0) is 0 Å². The van der Waals surface area contributed by atoms with Crippen molar-refractivity contribution < 1.29 is 9.53 Å². The molecule has 2 N–H and O–H groups in total. The molecule has 0 radical (unpaired) electrons.